The van der Waals surface area contributed by atoms with E-state index in [0.717, 1.165) is 6.41 Å². The molecule has 1 aliphatic rings. The summed E-state index contributed by atoms with van der Waals surface area (Å²) in [7, 11) is -3.54. The largest absolute Gasteiger partial charge is 0.384 e. The van der Waals surface area contributed by atoms with Crippen molar-refractivity contribution in [2.45, 2.75) is 4.90 Å². The van der Waals surface area contributed by atoms with Crippen molar-refractivity contribution in [3.05, 3.63) is 18.3 Å². The number of nitrogens with two attached hydrogens (primary N) is 1. The smallest absolute Gasteiger partial charge is 0.244 e. The molecular formula is C10H14N4O3S. The minimum atomic E-state index is -3.54. The maximum atomic E-state index is 12.2. The highest BCUT2D eigenvalue weighted by molar-refractivity contribution is 7.89. The molecule has 0 radical (unpaired) electrons. The van der Waals surface area contributed by atoms with Gasteiger partial charge in [-0.1, -0.05) is 0 Å². The lowest BCUT2D eigenvalue weighted by atomic mass is 10.4. The van der Waals surface area contributed by atoms with E-state index in [4.69, 9.17) is 5.73 Å². The van der Waals surface area contributed by atoms with Crippen LogP contribution in [0.15, 0.2) is 23.2 Å². The quantitative estimate of drug-likeness (QED) is 0.720. The summed E-state index contributed by atoms with van der Waals surface area (Å²) >= 11 is 0. The van der Waals surface area contributed by atoms with Gasteiger partial charge in [0.15, 0.2) is 0 Å². The number of carbonyl (C=O) groups excluding carboxylic acids is 1. The molecule has 7 nitrogen and oxygen atoms in total. The first kappa shape index (κ1) is 12.8. The minimum absolute atomic E-state index is 0.122. The van der Waals surface area contributed by atoms with E-state index in [9.17, 15) is 13.2 Å². The third-order valence-electron chi connectivity index (χ3n) is 2.82. The lowest BCUT2D eigenvalue weighted by molar-refractivity contribution is -0.119. The average Bonchev–Trinajstić information content (AvgIpc) is 2.39. The summed E-state index contributed by atoms with van der Waals surface area (Å²) in [5, 5.41) is 0. The van der Waals surface area contributed by atoms with Crippen molar-refractivity contribution in [2.24, 2.45) is 0 Å². The molecule has 1 saturated heterocycles. The number of amides is 1. The average molecular weight is 270 g/mol. The Bertz CT molecular complexity index is 521. The molecule has 0 aliphatic carbocycles. The van der Waals surface area contributed by atoms with E-state index in [1.165, 1.54) is 22.6 Å². The first-order valence-corrected chi connectivity index (χ1v) is 6.89. The number of hydrogen-bond donors (Lipinski definition) is 1. The van der Waals surface area contributed by atoms with Gasteiger partial charge in [-0.15, -0.1) is 0 Å². The van der Waals surface area contributed by atoms with Crippen LogP contribution in [0.3, 0.4) is 0 Å². The molecule has 8 heteroatoms. The molecule has 0 saturated carbocycles. The highest BCUT2D eigenvalue weighted by Crippen LogP contribution is 2.16. The molecular weight excluding hydrogens is 256 g/mol. The van der Waals surface area contributed by atoms with Crippen molar-refractivity contribution in [1.82, 2.24) is 14.2 Å². The lowest BCUT2D eigenvalue weighted by Gasteiger charge is -2.31. The summed E-state index contributed by atoms with van der Waals surface area (Å²) < 4.78 is 25.8. The van der Waals surface area contributed by atoms with E-state index < -0.39 is 10.0 Å². The molecule has 1 aliphatic heterocycles. The lowest BCUT2D eigenvalue weighted by Crippen LogP contribution is -2.47. The molecule has 1 amide bonds. The number of nitrogens with zero attached hydrogens (tertiary/aromatic N) is 3. The number of hydrogen-bond acceptors (Lipinski definition) is 5. The normalized spacial score (nSPS) is 17.7. The van der Waals surface area contributed by atoms with Crippen molar-refractivity contribution in [1.29, 1.82) is 0 Å². The predicted molar refractivity (Wildman–Crippen MR) is 65.0 cm³/mol. The third-order valence-corrected chi connectivity index (χ3v) is 4.70. The zero-order valence-corrected chi connectivity index (χ0v) is 10.5. The van der Waals surface area contributed by atoms with Gasteiger partial charge in [0.05, 0.1) is 0 Å². The molecule has 2 heterocycles. The molecule has 0 bridgehead atoms. The highest BCUT2D eigenvalue weighted by Gasteiger charge is 2.28. The fourth-order valence-corrected chi connectivity index (χ4v) is 3.11. The molecule has 0 unspecified atom stereocenters. The van der Waals surface area contributed by atoms with Crippen molar-refractivity contribution in [3.63, 3.8) is 0 Å². The van der Waals surface area contributed by atoms with Gasteiger partial charge in [-0.05, 0) is 12.1 Å². The first-order chi connectivity index (χ1) is 8.54. The zero-order valence-electron chi connectivity index (χ0n) is 9.69. The summed E-state index contributed by atoms with van der Waals surface area (Å²) in [5.41, 5.74) is 5.42. The first-order valence-electron chi connectivity index (χ1n) is 5.45. The van der Waals surface area contributed by atoms with Gasteiger partial charge in [0.25, 0.3) is 0 Å². The van der Waals surface area contributed by atoms with Gasteiger partial charge in [0, 0.05) is 32.4 Å². The van der Waals surface area contributed by atoms with E-state index in [2.05, 4.69) is 4.98 Å². The van der Waals surface area contributed by atoms with Gasteiger partial charge in [-0.2, -0.15) is 4.31 Å². The standard InChI is InChI=1S/C10H14N4O3S/c11-10-2-1-9(7-12-10)18(16,17)14-5-3-13(8-15)4-6-14/h1-2,7-8H,3-6H2,(H2,11,12). The molecule has 18 heavy (non-hydrogen) atoms. The Kier molecular flexibility index (Phi) is 3.48. The monoisotopic (exact) mass is 270 g/mol. The zero-order chi connectivity index (χ0) is 13.2. The summed E-state index contributed by atoms with van der Waals surface area (Å²) in [6, 6.07) is 2.89. The van der Waals surface area contributed by atoms with Crippen LogP contribution >= 0.6 is 0 Å². The SMILES string of the molecule is Nc1ccc(S(=O)(=O)N2CCN(C=O)CC2)cn1. The number of anilines is 1. The van der Waals surface area contributed by atoms with E-state index >= 15 is 0 Å². The van der Waals surface area contributed by atoms with E-state index in [0.29, 0.717) is 26.2 Å². The van der Waals surface area contributed by atoms with Gasteiger partial charge in [-0.3, -0.25) is 4.79 Å². The van der Waals surface area contributed by atoms with Crippen molar-refractivity contribution in [2.75, 3.05) is 31.9 Å². The number of pyridine rings is 1. The van der Waals surface area contributed by atoms with Crippen molar-refractivity contribution < 1.29 is 13.2 Å². The molecule has 1 fully saturated rings. The summed E-state index contributed by atoms with van der Waals surface area (Å²) in [6.07, 6.45) is 1.98. The second-order valence-corrected chi connectivity index (χ2v) is 5.90. The van der Waals surface area contributed by atoms with E-state index in [-0.39, 0.29) is 10.7 Å². The van der Waals surface area contributed by atoms with Gasteiger partial charge in [0.1, 0.15) is 10.7 Å². The van der Waals surface area contributed by atoms with Crippen molar-refractivity contribution >= 4 is 22.3 Å². The van der Waals surface area contributed by atoms with Crippen molar-refractivity contribution in [3.8, 4) is 0 Å². The summed E-state index contributed by atoms with van der Waals surface area (Å²) in [5.74, 6) is 0.278. The molecule has 0 spiro atoms. The number of sulfonamides is 1. The van der Waals surface area contributed by atoms with Crippen LogP contribution in [0.5, 0.6) is 0 Å². The second-order valence-electron chi connectivity index (χ2n) is 3.96. The molecule has 0 atom stereocenters. The van der Waals surface area contributed by atoms with Gasteiger partial charge in [-0.25, -0.2) is 13.4 Å². The molecule has 1 aromatic heterocycles. The molecule has 2 rings (SSSR count). The number of carbonyl (C=O) groups is 1. The predicted octanol–water partition coefficient (Wildman–Crippen LogP) is -0.873. The molecule has 2 N–H and O–H groups in total. The number of nitrogen functional groups attached to an aromatic ring is 1. The Labute approximate surface area is 105 Å². The van der Waals surface area contributed by atoms with Crippen LogP contribution < -0.4 is 5.73 Å². The number of piperazine rings is 1. The number of aromatic nitrogens is 1. The van der Waals surface area contributed by atoms with Crippen LogP contribution in [0.4, 0.5) is 5.82 Å². The minimum Gasteiger partial charge on any atom is -0.384 e. The second kappa shape index (κ2) is 4.91. The van der Waals surface area contributed by atoms with E-state index in [1.54, 1.807) is 4.90 Å². The maximum absolute atomic E-state index is 12.2. The number of rotatable bonds is 3. The fourth-order valence-electron chi connectivity index (χ4n) is 1.74. The Hall–Kier alpha value is -1.67. The van der Waals surface area contributed by atoms with Crippen LogP contribution in [0, 0.1) is 0 Å². The van der Waals surface area contributed by atoms with Crippen LogP contribution in [0.1, 0.15) is 0 Å². The van der Waals surface area contributed by atoms with Crippen LogP contribution in [-0.4, -0.2) is 55.2 Å². The van der Waals surface area contributed by atoms with Crippen LogP contribution in [-0.2, 0) is 14.8 Å². The fraction of sp³-hybridized carbons (Fsp3) is 0.400. The highest BCUT2D eigenvalue weighted by atomic mass is 32.2. The van der Waals surface area contributed by atoms with Gasteiger partial charge < -0.3 is 10.6 Å². The molecule has 98 valence electrons. The topological polar surface area (TPSA) is 96.6 Å². The Morgan fingerprint density at radius 3 is 2.39 bits per heavy atom. The Morgan fingerprint density at radius 1 is 1.22 bits per heavy atom. The van der Waals surface area contributed by atoms with Crippen LogP contribution in [0.25, 0.3) is 0 Å². The Morgan fingerprint density at radius 2 is 1.89 bits per heavy atom. The van der Waals surface area contributed by atoms with Crippen LogP contribution in [0.2, 0.25) is 0 Å². The third kappa shape index (κ3) is 2.44. The van der Waals surface area contributed by atoms with Gasteiger partial charge >= 0.3 is 0 Å². The van der Waals surface area contributed by atoms with Gasteiger partial charge in [0.2, 0.25) is 16.4 Å². The van der Waals surface area contributed by atoms with E-state index in [1.807, 2.05) is 0 Å². The Balaban J connectivity index is 2.17. The molecule has 1 aromatic rings. The summed E-state index contributed by atoms with van der Waals surface area (Å²) in [4.78, 5) is 16.0. The summed E-state index contributed by atoms with van der Waals surface area (Å²) in [6.45, 7) is 1.41. The molecule has 0 aromatic carbocycles. The maximum Gasteiger partial charge on any atom is 0.244 e.